The maximum Gasteiger partial charge on any atom is 0.126 e. The second-order valence-corrected chi connectivity index (χ2v) is 5.28. The number of aryl methyl sites for hydroxylation is 1. The molecule has 0 aromatic heterocycles. The molecular formula is C15H15BrFN. The van der Waals surface area contributed by atoms with Gasteiger partial charge < -0.3 is 5.73 Å². The predicted molar refractivity (Wildman–Crippen MR) is 75.9 cm³/mol. The Morgan fingerprint density at radius 1 is 1.22 bits per heavy atom. The molecule has 0 heterocycles. The third kappa shape index (κ3) is 2.98. The fourth-order valence-electron chi connectivity index (χ4n) is 1.96. The summed E-state index contributed by atoms with van der Waals surface area (Å²) in [5.41, 5.74) is 8.98. The highest BCUT2D eigenvalue weighted by Crippen LogP contribution is 2.26. The second kappa shape index (κ2) is 5.63. The van der Waals surface area contributed by atoms with E-state index in [0.29, 0.717) is 12.0 Å². The van der Waals surface area contributed by atoms with Gasteiger partial charge in [-0.05, 0) is 36.6 Å². The molecule has 0 aliphatic heterocycles. The molecule has 0 saturated heterocycles. The molecule has 0 amide bonds. The van der Waals surface area contributed by atoms with Crippen LogP contribution in [-0.4, -0.2) is 0 Å². The molecule has 0 fully saturated rings. The first-order chi connectivity index (χ1) is 8.58. The Morgan fingerprint density at radius 3 is 2.67 bits per heavy atom. The van der Waals surface area contributed by atoms with Crippen molar-refractivity contribution >= 4 is 15.9 Å². The third-order valence-electron chi connectivity index (χ3n) is 2.95. The maximum atomic E-state index is 13.6. The van der Waals surface area contributed by atoms with Crippen LogP contribution in [0.25, 0.3) is 0 Å². The quantitative estimate of drug-likeness (QED) is 0.906. The first-order valence-electron chi connectivity index (χ1n) is 5.83. The Hall–Kier alpha value is -1.19. The highest BCUT2D eigenvalue weighted by atomic mass is 79.9. The van der Waals surface area contributed by atoms with E-state index < -0.39 is 0 Å². The van der Waals surface area contributed by atoms with Gasteiger partial charge >= 0.3 is 0 Å². The molecule has 2 N–H and O–H groups in total. The minimum Gasteiger partial charge on any atom is -0.324 e. The smallest absolute Gasteiger partial charge is 0.126 e. The summed E-state index contributed by atoms with van der Waals surface area (Å²) in [7, 11) is 0. The fraction of sp³-hybridized carbons (Fsp3) is 0.200. The van der Waals surface area contributed by atoms with Crippen molar-refractivity contribution in [1.29, 1.82) is 0 Å². The van der Waals surface area contributed by atoms with Gasteiger partial charge in [0, 0.05) is 10.5 Å². The molecular weight excluding hydrogens is 293 g/mol. The largest absolute Gasteiger partial charge is 0.324 e. The fourth-order valence-corrected chi connectivity index (χ4v) is 2.50. The summed E-state index contributed by atoms with van der Waals surface area (Å²) in [6.45, 7) is 2.02. The van der Waals surface area contributed by atoms with Crippen LogP contribution in [0, 0.1) is 12.7 Å². The van der Waals surface area contributed by atoms with Gasteiger partial charge in [0.25, 0.3) is 0 Å². The summed E-state index contributed by atoms with van der Waals surface area (Å²) in [4.78, 5) is 0. The number of rotatable bonds is 3. The second-order valence-electron chi connectivity index (χ2n) is 4.43. The summed E-state index contributed by atoms with van der Waals surface area (Å²) in [5.74, 6) is -0.197. The SMILES string of the molecule is Cc1ccc(Br)c(C(N)Cc2ccccc2F)c1. The zero-order chi connectivity index (χ0) is 13.1. The van der Waals surface area contributed by atoms with Gasteiger partial charge in [0.05, 0.1) is 0 Å². The molecule has 0 aliphatic rings. The van der Waals surface area contributed by atoms with E-state index in [1.807, 2.05) is 31.2 Å². The molecule has 0 saturated carbocycles. The van der Waals surface area contributed by atoms with Crippen molar-refractivity contribution in [2.75, 3.05) is 0 Å². The lowest BCUT2D eigenvalue weighted by Crippen LogP contribution is -2.15. The molecule has 0 radical (unpaired) electrons. The first-order valence-corrected chi connectivity index (χ1v) is 6.62. The van der Waals surface area contributed by atoms with Crippen molar-refractivity contribution in [3.63, 3.8) is 0 Å². The van der Waals surface area contributed by atoms with Gasteiger partial charge in [0.1, 0.15) is 5.82 Å². The monoisotopic (exact) mass is 307 g/mol. The molecule has 0 aliphatic carbocycles. The lowest BCUT2D eigenvalue weighted by Gasteiger charge is -2.15. The summed E-state index contributed by atoms with van der Waals surface area (Å²) in [6.07, 6.45) is 0.495. The highest BCUT2D eigenvalue weighted by Gasteiger charge is 2.13. The molecule has 0 bridgehead atoms. The Kier molecular flexibility index (Phi) is 4.15. The Balaban J connectivity index is 2.25. The Labute approximate surface area is 115 Å². The van der Waals surface area contributed by atoms with E-state index in [9.17, 15) is 4.39 Å². The van der Waals surface area contributed by atoms with E-state index in [4.69, 9.17) is 5.73 Å². The van der Waals surface area contributed by atoms with E-state index in [1.54, 1.807) is 12.1 Å². The molecule has 94 valence electrons. The van der Waals surface area contributed by atoms with E-state index in [2.05, 4.69) is 15.9 Å². The molecule has 1 atom stereocenters. The number of nitrogens with two attached hydrogens (primary N) is 1. The van der Waals surface area contributed by atoms with Crippen LogP contribution in [0.5, 0.6) is 0 Å². The standard InChI is InChI=1S/C15H15BrFN/c1-10-6-7-13(16)12(8-10)15(18)9-11-4-2-3-5-14(11)17/h2-8,15H,9,18H2,1H3. The summed E-state index contributed by atoms with van der Waals surface area (Å²) >= 11 is 3.49. The van der Waals surface area contributed by atoms with Gasteiger partial charge in [-0.25, -0.2) is 4.39 Å². The topological polar surface area (TPSA) is 26.0 Å². The van der Waals surface area contributed by atoms with Crippen LogP contribution in [0.3, 0.4) is 0 Å². The van der Waals surface area contributed by atoms with Gasteiger partial charge in [-0.2, -0.15) is 0 Å². The van der Waals surface area contributed by atoms with Gasteiger partial charge in [-0.3, -0.25) is 0 Å². The van der Waals surface area contributed by atoms with Gasteiger partial charge in [-0.15, -0.1) is 0 Å². The average Bonchev–Trinajstić information content (AvgIpc) is 2.35. The molecule has 0 spiro atoms. The number of benzene rings is 2. The number of hydrogen-bond acceptors (Lipinski definition) is 1. The zero-order valence-electron chi connectivity index (χ0n) is 10.2. The van der Waals surface area contributed by atoms with E-state index in [0.717, 1.165) is 15.6 Å². The maximum absolute atomic E-state index is 13.6. The van der Waals surface area contributed by atoms with Gasteiger partial charge in [0.15, 0.2) is 0 Å². The number of halogens is 2. The van der Waals surface area contributed by atoms with Crippen LogP contribution in [0.1, 0.15) is 22.7 Å². The van der Waals surface area contributed by atoms with E-state index >= 15 is 0 Å². The normalized spacial score (nSPS) is 12.4. The van der Waals surface area contributed by atoms with Crippen molar-refractivity contribution in [1.82, 2.24) is 0 Å². The molecule has 2 aromatic carbocycles. The van der Waals surface area contributed by atoms with Gasteiger partial charge in [-0.1, -0.05) is 51.8 Å². The molecule has 3 heteroatoms. The first kappa shape index (κ1) is 13.2. The molecule has 18 heavy (non-hydrogen) atoms. The zero-order valence-corrected chi connectivity index (χ0v) is 11.7. The van der Waals surface area contributed by atoms with Crippen molar-refractivity contribution in [3.05, 3.63) is 69.4 Å². The molecule has 2 rings (SSSR count). The predicted octanol–water partition coefficient (Wildman–Crippen LogP) is 4.14. The van der Waals surface area contributed by atoms with Gasteiger partial charge in [0.2, 0.25) is 0 Å². The van der Waals surface area contributed by atoms with Crippen molar-refractivity contribution < 1.29 is 4.39 Å². The lowest BCUT2D eigenvalue weighted by atomic mass is 9.98. The molecule has 2 aromatic rings. The molecule has 1 nitrogen and oxygen atoms in total. The molecule has 1 unspecified atom stereocenters. The van der Waals surface area contributed by atoms with Crippen LogP contribution < -0.4 is 5.73 Å². The van der Waals surface area contributed by atoms with Crippen LogP contribution >= 0.6 is 15.9 Å². The Bertz CT molecular complexity index is 554. The lowest BCUT2D eigenvalue weighted by molar-refractivity contribution is 0.593. The highest BCUT2D eigenvalue weighted by molar-refractivity contribution is 9.10. The Morgan fingerprint density at radius 2 is 1.94 bits per heavy atom. The summed E-state index contributed by atoms with van der Waals surface area (Å²) in [5, 5.41) is 0. The minimum atomic E-state index is -0.212. The minimum absolute atomic E-state index is 0.197. The average molecular weight is 308 g/mol. The van der Waals surface area contributed by atoms with Crippen LogP contribution in [0.15, 0.2) is 46.9 Å². The van der Waals surface area contributed by atoms with E-state index in [-0.39, 0.29) is 11.9 Å². The van der Waals surface area contributed by atoms with Crippen LogP contribution in [0.4, 0.5) is 4.39 Å². The van der Waals surface area contributed by atoms with Crippen molar-refractivity contribution in [2.24, 2.45) is 5.73 Å². The van der Waals surface area contributed by atoms with Crippen LogP contribution in [-0.2, 0) is 6.42 Å². The summed E-state index contributed by atoms with van der Waals surface area (Å²) < 4.78 is 14.5. The van der Waals surface area contributed by atoms with Crippen molar-refractivity contribution in [2.45, 2.75) is 19.4 Å². The number of hydrogen-bond donors (Lipinski definition) is 1. The van der Waals surface area contributed by atoms with Crippen molar-refractivity contribution in [3.8, 4) is 0 Å². The van der Waals surface area contributed by atoms with E-state index in [1.165, 1.54) is 6.07 Å². The van der Waals surface area contributed by atoms with Crippen LogP contribution in [0.2, 0.25) is 0 Å². The third-order valence-corrected chi connectivity index (χ3v) is 3.67. The summed E-state index contributed by atoms with van der Waals surface area (Å²) in [6, 6.07) is 12.6.